The maximum atomic E-state index is 14.0. The first-order chi connectivity index (χ1) is 18.9. The number of imidazole rings is 1. The molecule has 13 heteroatoms. The van der Waals surface area contributed by atoms with Gasteiger partial charge in [0.2, 0.25) is 11.8 Å². The Morgan fingerprint density at radius 3 is 2.87 bits per heavy atom. The topological polar surface area (TPSA) is 130 Å². The van der Waals surface area contributed by atoms with E-state index >= 15 is 0 Å². The van der Waals surface area contributed by atoms with Crippen molar-refractivity contribution in [3.05, 3.63) is 88.3 Å². The highest BCUT2D eigenvalue weighted by Gasteiger charge is 2.22. The van der Waals surface area contributed by atoms with Crippen molar-refractivity contribution in [2.45, 2.75) is 25.3 Å². The third-order valence-electron chi connectivity index (χ3n) is 5.91. The van der Waals surface area contributed by atoms with Gasteiger partial charge in [-0.15, -0.1) is 5.10 Å². The lowest BCUT2D eigenvalue weighted by atomic mass is 10.1. The van der Waals surface area contributed by atoms with Crippen molar-refractivity contribution in [3.8, 4) is 16.9 Å². The molecule has 0 radical (unpaired) electrons. The first kappa shape index (κ1) is 26.3. The van der Waals surface area contributed by atoms with Crippen LogP contribution < -0.4 is 10.6 Å². The van der Waals surface area contributed by atoms with E-state index in [-0.39, 0.29) is 23.2 Å². The number of aromatic nitrogens is 6. The number of amides is 2. The Kier molecular flexibility index (Phi) is 7.80. The summed E-state index contributed by atoms with van der Waals surface area (Å²) >= 11 is 12.6. The van der Waals surface area contributed by atoms with Gasteiger partial charge in [0.05, 0.1) is 17.4 Å². The van der Waals surface area contributed by atoms with Crippen LogP contribution in [0.3, 0.4) is 0 Å². The van der Waals surface area contributed by atoms with E-state index in [4.69, 9.17) is 23.2 Å². The molecule has 0 spiro atoms. The second-order valence-electron chi connectivity index (χ2n) is 8.62. The van der Waals surface area contributed by atoms with E-state index in [0.717, 1.165) is 0 Å². The molecule has 0 saturated carbocycles. The van der Waals surface area contributed by atoms with E-state index in [1.54, 1.807) is 24.3 Å². The molecule has 0 fully saturated rings. The summed E-state index contributed by atoms with van der Waals surface area (Å²) < 4.78 is 15.4. The summed E-state index contributed by atoms with van der Waals surface area (Å²) in [5.74, 6) is -0.771. The smallest absolute Gasteiger partial charge is 0.244 e. The molecule has 1 aliphatic rings. The van der Waals surface area contributed by atoms with Gasteiger partial charge in [0.1, 0.15) is 28.8 Å². The van der Waals surface area contributed by atoms with Crippen molar-refractivity contribution < 1.29 is 14.0 Å². The molecule has 39 heavy (non-hydrogen) atoms. The molecule has 2 bridgehead atoms. The minimum atomic E-state index is -0.573. The third-order valence-corrected chi connectivity index (χ3v) is 6.42. The Balaban J connectivity index is 1.44. The van der Waals surface area contributed by atoms with Crippen molar-refractivity contribution in [1.82, 2.24) is 35.5 Å². The first-order valence-corrected chi connectivity index (χ1v) is 12.6. The molecule has 0 unspecified atom stereocenters. The average Bonchev–Trinajstić information content (AvgIpc) is 3.57. The normalized spacial score (nSPS) is 15.7. The second kappa shape index (κ2) is 11.6. The van der Waals surface area contributed by atoms with Gasteiger partial charge in [-0.1, -0.05) is 35.4 Å². The number of halogens is 3. The highest BCUT2D eigenvalue weighted by Crippen LogP contribution is 2.34. The minimum Gasteiger partial charge on any atom is -0.342 e. The number of tetrazole rings is 1. The third kappa shape index (κ3) is 6.21. The molecule has 2 aromatic carbocycles. The second-order valence-corrected chi connectivity index (χ2v) is 9.43. The number of nitrogens with one attached hydrogen (secondary N) is 3. The fraction of sp³-hybridized carbons (Fsp3) is 0.154. The highest BCUT2D eigenvalue weighted by molar-refractivity contribution is 6.32. The summed E-state index contributed by atoms with van der Waals surface area (Å²) in [4.78, 5) is 33.0. The number of nitrogens with zero attached hydrogens (tertiary/aromatic N) is 5. The molecule has 1 aliphatic heterocycles. The number of allylic oxidation sites excluding steroid dienone is 1. The number of carbonyl (C=O) groups excluding carboxylic acids is 2. The fourth-order valence-corrected chi connectivity index (χ4v) is 4.50. The zero-order valence-electron chi connectivity index (χ0n) is 20.2. The van der Waals surface area contributed by atoms with Crippen molar-refractivity contribution in [3.63, 3.8) is 0 Å². The number of benzene rings is 2. The number of anilines is 1. The van der Waals surface area contributed by atoms with E-state index in [9.17, 15) is 14.0 Å². The van der Waals surface area contributed by atoms with Crippen LogP contribution in [0.15, 0.2) is 61.0 Å². The Labute approximate surface area is 231 Å². The van der Waals surface area contributed by atoms with Gasteiger partial charge in [-0.3, -0.25) is 9.59 Å². The van der Waals surface area contributed by atoms with Crippen LogP contribution in [0.1, 0.15) is 36.7 Å². The molecule has 5 rings (SSSR count). The van der Waals surface area contributed by atoms with Crippen LogP contribution in [-0.2, 0) is 9.59 Å². The maximum Gasteiger partial charge on any atom is 0.244 e. The average molecular weight is 567 g/mol. The number of carbonyl (C=O) groups is 2. The molecule has 1 atom stereocenters. The fourth-order valence-electron chi connectivity index (χ4n) is 4.08. The van der Waals surface area contributed by atoms with Crippen molar-refractivity contribution in [2.75, 3.05) is 5.32 Å². The van der Waals surface area contributed by atoms with Crippen molar-refractivity contribution >= 4 is 46.8 Å². The summed E-state index contributed by atoms with van der Waals surface area (Å²) in [7, 11) is 0. The number of aromatic amines is 1. The largest absolute Gasteiger partial charge is 0.342 e. The molecular formula is C26H21Cl2FN8O2. The van der Waals surface area contributed by atoms with Gasteiger partial charge in [0.25, 0.3) is 0 Å². The van der Waals surface area contributed by atoms with Crippen molar-refractivity contribution in [1.29, 1.82) is 0 Å². The van der Waals surface area contributed by atoms with Crippen LogP contribution in [0.5, 0.6) is 0 Å². The summed E-state index contributed by atoms with van der Waals surface area (Å²) in [6.07, 6.45) is 9.17. The van der Waals surface area contributed by atoms with Gasteiger partial charge >= 0.3 is 0 Å². The van der Waals surface area contributed by atoms with E-state index in [0.29, 0.717) is 46.2 Å². The standard InChI is InChI=1S/C26H21Cl2FN8O2/c27-16-7-10-21(37-14-30-35-36-37)15(12-16)6-11-23(39)31-19-4-2-1-3-5-22(38)32-20-13-17(29)8-9-18(20)24-25(28)34-26(19)33-24/h1-2,6-14,19H,3-5H2,(H,31,39)(H,32,38)(H,33,34)/t19-/m0/s1. The van der Waals surface area contributed by atoms with Crippen LogP contribution in [0.25, 0.3) is 23.0 Å². The van der Waals surface area contributed by atoms with E-state index in [1.807, 2.05) is 12.2 Å². The molecule has 10 nitrogen and oxygen atoms in total. The molecule has 4 aromatic rings. The predicted molar refractivity (Wildman–Crippen MR) is 145 cm³/mol. The van der Waals surface area contributed by atoms with Crippen LogP contribution in [0, 0.1) is 5.82 Å². The minimum absolute atomic E-state index is 0.188. The van der Waals surface area contributed by atoms with Gasteiger partial charge in [-0.25, -0.2) is 9.37 Å². The van der Waals surface area contributed by atoms with Crippen LogP contribution in [-0.4, -0.2) is 42.0 Å². The lowest BCUT2D eigenvalue weighted by Gasteiger charge is -2.14. The van der Waals surface area contributed by atoms with Crippen molar-refractivity contribution in [2.24, 2.45) is 0 Å². The molecule has 2 aromatic heterocycles. The molecule has 0 aliphatic carbocycles. The monoisotopic (exact) mass is 566 g/mol. The van der Waals surface area contributed by atoms with Crippen LogP contribution in [0.4, 0.5) is 10.1 Å². The van der Waals surface area contributed by atoms with E-state index < -0.39 is 17.8 Å². The molecule has 3 N–H and O–H groups in total. The Hall–Kier alpha value is -4.35. The van der Waals surface area contributed by atoms with Gasteiger partial charge < -0.3 is 15.6 Å². The molecular weight excluding hydrogens is 546 g/mol. The van der Waals surface area contributed by atoms with Gasteiger partial charge in [0, 0.05) is 28.6 Å². The Morgan fingerprint density at radius 2 is 2.05 bits per heavy atom. The predicted octanol–water partition coefficient (Wildman–Crippen LogP) is 5.05. The summed E-state index contributed by atoms with van der Waals surface area (Å²) in [6, 6.07) is 8.54. The lowest BCUT2D eigenvalue weighted by Crippen LogP contribution is -2.27. The Morgan fingerprint density at radius 1 is 1.18 bits per heavy atom. The summed E-state index contributed by atoms with van der Waals surface area (Å²) in [6.45, 7) is 0. The highest BCUT2D eigenvalue weighted by atomic mass is 35.5. The van der Waals surface area contributed by atoms with Crippen LogP contribution >= 0.6 is 23.2 Å². The van der Waals surface area contributed by atoms with E-state index in [2.05, 4.69) is 36.1 Å². The molecule has 198 valence electrons. The SMILES string of the molecule is O=C(C=Cc1cc(Cl)ccc1-n1cnnn1)N[C@H]1CC=CCCC(=O)Nc2cc(F)ccc2-c2nc1[nH]c2Cl. The molecule has 3 heterocycles. The zero-order chi connectivity index (χ0) is 27.4. The number of fused-ring (bicyclic) bond motifs is 4. The zero-order valence-corrected chi connectivity index (χ0v) is 21.7. The number of H-pyrrole nitrogens is 1. The lowest BCUT2D eigenvalue weighted by molar-refractivity contribution is -0.117. The van der Waals surface area contributed by atoms with Gasteiger partial charge in [-0.2, -0.15) is 4.68 Å². The van der Waals surface area contributed by atoms with Gasteiger partial charge in [0.15, 0.2) is 0 Å². The summed E-state index contributed by atoms with van der Waals surface area (Å²) in [5.41, 5.74) is 2.30. The van der Waals surface area contributed by atoms with Crippen LogP contribution in [0.2, 0.25) is 10.2 Å². The summed E-state index contributed by atoms with van der Waals surface area (Å²) in [5, 5.41) is 17.5. The molecule has 2 amide bonds. The molecule has 0 saturated heterocycles. The quantitative estimate of drug-likeness (QED) is 0.234. The number of hydrogen-bond donors (Lipinski definition) is 3. The van der Waals surface area contributed by atoms with E-state index in [1.165, 1.54) is 35.3 Å². The first-order valence-electron chi connectivity index (χ1n) is 11.9. The van der Waals surface area contributed by atoms with Gasteiger partial charge in [-0.05, 0) is 65.7 Å². The Bertz CT molecular complexity index is 1580. The maximum absolute atomic E-state index is 14.0. The number of hydrogen-bond acceptors (Lipinski definition) is 6. The number of rotatable bonds is 4.